The molecular formula is C21H31F6N3O5. The van der Waals surface area contributed by atoms with Crippen LogP contribution in [0.4, 0.5) is 32.0 Å². The van der Waals surface area contributed by atoms with Gasteiger partial charge in [-0.2, -0.15) is 26.3 Å². The Morgan fingerprint density at radius 3 is 1.60 bits per heavy atom. The van der Waals surface area contributed by atoms with E-state index in [1.165, 1.54) is 0 Å². The summed E-state index contributed by atoms with van der Waals surface area (Å²) in [6, 6.07) is 1.88. The van der Waals surface area contributed by atoms with Crippen LogP contribution in [0, 0.1) is 20.8 Å². The SMILES string of the molecule is CCCN(CCC)[C@@H](C)C(=O)Nc1c(C)cc(C)nc1C.O=C(O)C(F)(F)F.O=C(O)C(F)(F)F. The number of carboxylic acid groups (broad SMARTS) is 2. The Kier molecular flexibility index (Phi) is 14.9. The van der Waals surface area contributed by atoms with Gasteiger partial charge in [0.2, 0.25) is 5.91 Å². The highest BCUT2D eigenvalue weighted by Gasteiger charge is 2.38. The molecule has 0 bridgehead atoms. The lowest BCUT2D eigenvalue weighted by atomic mass is 10.1. The molecule has 3 N–H and O–H groups in total. The van der Waals surface area contributed by atoms with Crippen LogP contribution in [0.5, 0.6) is 0 Å². The minimum Gasteiger partial charge on any atom is -0.475 e. The summed E-state index contributed by atoms with van der Waals surface area (Å²) in [6.45, 7) is 14.1. The molecule has 1 aromatic heterocycles. The van der Waals surface area contributed by atoms with Crippen LogP contribution < -0.4 is 5.32 Å². The molecule has 0 saturated heterocycles. The minimum atomic E-state index is -5.08. The van der Waals surface area contributed by atoms with E-state index in [0.29, 0.717) is 0 Å². The Labute approximate surface area is 199 Å². The number of nitrogens with zero attached hydrogens (tertiary/aromatic N) is 2. The lowest BCUT2D eigenvalue weighted by Gasteiger charge is -2.27. The maximum absolute atomic E-state index is 12.5. The highest BCUT2D eigenvalue weighted by molar-refractivity contribution is 5.95. The number of aromatic nitrogens is 1. The predicted molar refractivity (Wildman–Crippen MR) is 116 cm³/mol. The number of pyridine rings is 1. The maximum atomic E-state index is 12.5. The summed E-state index contributed by atoms with van der Waals surface area (Å²) in [5, 5.41) is 17.3. The largest absolute Gasteiger partial charge is 0.490 e. The third-order valence-corrected chi connectivity index (χ3v) is 4.21. The van der Waals surface area contributed by atoms with Crippen LogP contribution in [0.1, 0.15) is 50.6 Å². The van der Waals surface area contributed by atoms with E-state index >= 15 is 0 Å². The highest BCUT2D eigenvalue weighted by atomic mass is 19.4. The van der Waals surface area contributed by atoms with Crippen molar-refractivity contribution < 1.29 is 50.9 Å². The van der Waals surface area contributed by atoms with Crippen molar-refractivity contribution >= 4 is 23.5 Å². The summed E-state index contributed by atoms with van der Waals surface area (Å²) in [6.07, 6.45) is -8.05. The zero-order chi connectivity index (χ0) is 28.1. The number of nitrogens with one attached hydrogen (secondary N) is 1. The molecule has 0 radical (unpaired) electrons. The van der Waals surface area contributed by atoms with Crippen LogP contribution in [-0.2, 0) is 14.4 Å². The van der Waals surface area contributed by atoms with Gasteiger partial charge >= 0.3 is 24.3 Å². The van der Waals surface area contributed by atoms with Crippen LogP contribution in [0.25, 0.3) is 0 Å². The molecule has 0 aliphatic rings. The van der Waals surface area contributed by atoms with Gasteiger partial charge in [0.1, 0.15) is 0 Å². The number of rotatable bonds is 7. The van der Waals surface area contributed by atoms with Crippen molar-refractivity contribution in [3.8, 4) is 0 Å². The number of amides is 1. The van der Waals surface area contributed by atoms with Crippen molar-refractivity contribution in [2.45, 2.75) is 72.8 Å². The van der Waals surface area contributed by atoms with E-state index < -0.39 is 24.3 Å². The summed E-state index contributed by atoms with van der Waals surface area (Å²) in [7, 11) is 0. The smallest absolute Gasteiger partial charge is 0.475 e. The fourth-order valence-corrected chi connectivity index (χ4v) is 2.68. The van der Waals surface area contributed by atoms with E-state index in [4.69, 9.17) is 19.8 Å². The fraction of sp³-hybridized carbons (Fsp3) is 0.619. The molecule has 0 unspecified atom stereocenters. The number of carbonyl (C=O) groups excluding carboxylic acids is 1. The topological polar surface area (TPSA) is 120 Å². The number of aliphatic carboxylic acids is 2. The molecule has 0 aliphatic carbocycles. The average molecular weight is 519 g/mol. The summed E-state index contributed by atoms with van der Waals surface area (Å²) >= 11 is 0. The molecule has 0 aromatic carbocycles. The monoisotopic (exact) mass is 519 g/mol. The molecule has 0 fully saturated rings. The molecule has 202 valence electrons. The molecular weight excluding hydrogens is 488 g/mol. The number of alkyl halides is 6. The van der Waals surface area contributed by atoms with Gasteiger partial charge < -0.3 is 15.5 Å². The van der Waals surface area contributed by atoms with E-state index in [0.717, 1.165) is 48.6 Å². The van der Waals surface area contributed by atoms with Crippen molar-refractivity contribution in [2.24, 2.45) is 0 Å². The summed E-state index contributed by atoms with van der Waals surface area (Å²) in [5.41, 5.74) is 3.78. The van der Waals surface area contributed by atoms with E-state index in [-0.39, 0.29) is 11.9 Å². The van der Waals surface area contributed by atoms with Crippen LogP contribution in [0.15, 0.2) is 6.07 Å². The van der Waals surface area contributed by atoms with Gasteiger partial charge in [0.15, 0.2) is 0 Å². The normalized spacial score (nSPS) is 12.0. The molecule has 0 aliphatic heterocycles. The number of halogens is 6. The molecule has 0 saturated carbocycles. The van der Waals surface area contributed by atoms with Gasteiger partial charge in [0, 0.05) is 5.69 Å². The lowest BCUT2D eigenvalue weighted by Crippen LogP contribution is -2.43. The first kappa shape index (κ1) is 34.3. The number of carbonyl (C=O) groups is 3. The molecule has 0 spiro atoms. The van der Waals surface area contributed by atoms with Crippen molar-refractivity contribution in [1.82, 2.24) is 9.88 Å². The highest BCUT2D eigenvalue weighted by Crippen LogP contribution is 2.20. The molecule has 1 atom stereocenters. The first-order valence-electron chi connectivity index (χ1n) is 10.4. The van der Waals surface area contributed by atoms with E-state index in [1.54, 1.807) is 0 Å². The second-order valence-electron chi connectivity index (χ2n) is 7.35. The van der Waals surface area contributed by atoms with E-state index in [2.05, 4.69) is 29.0 Å². The molecule has 1 amide bonds. The van der Waals surface area contributed by atoms with Gasteiger partial charge in [0.05, 0.1) is 17.4 Å². The second-order valence-corrected chi connectivity index (χ2v) is 7.35. The van der Waals surface area contributed by atoms with E-state index in [1.807, 2.05) is 33.8 Å². The maximum Gasteiger partial charge on any atom is 0.490 e. The molecule has 1 heterocycles. The minimum absolute atomic E-state index is 0.0498. The van der Waals surface area contributed by atoms with Gasteiger partial charge in [-0.3, -0.25) is 14.7 Å². The first-order chi connectivity index (χ1) is 15.8. The second kappa shape index (κ2) is 15.2. The predicted octanol–water partition coefficient (Wildman–Crippen LogP) is 4.72. The van der Waals surface area contributed by atoms with Gasteiger partial charge in [-0.05, 0) is 65.3 Å². The lowest BCUT2D eigenvalue weighted by molar-refractivity contribution is -0.193. The fourth-order valence-electron chi connectivity index (χ4n) is 2.68. The Bertz CT molecular complexity index is 791. The van der Waals surface area contributed by atoms with Crippen molar-refractivity contribution in [2.75, 3.05) is 18.4 Å². The van der Waals surface area contributed by atoms with Gasteiger partial charge in [0.25, 0.3) is 0 Å². The summed E-state index contributed by atoms with van der Waals surface area (Å²) in [4.78, 5) is 37.0. The third kappa shape index (κ3) is 14.2. The van der Waals surface area contributed by atoms with Gasteiger partial charge in [-0.25, -0.2) is 9.59 Å². The van der Waals surface area contributed by atoms with Crippen LogP contribution in [0.2, 0.25) is 0 Å². The Hall–Kier alpha value is -2.90. The standard InChI is InChI=1S/C17H29N3O.2C2HF3O2/c1-7-9-20(10-8-2)15(6)17(21)19-16-12(3)11-13(4)18-14(16)5;2*3-2(4,5)1(6)7/h11,15H,7-10H2,1-6H3,(H,19,21);2*(H,6,7)/t15-;;/m0../s1. The van der Waals surface area contributed by atoms with Crippen molar-refractivity contribution in [3.05, 3.63) is 23.0 Å². The van der Waals surface area contributed by atoms with Gasteiger partial charge in [-0.15, -0.1) is 0 Å². The van der Waals surface area contributed by atoms with Gasteiger partial charge in [-0.1, -0.05) is 13.8 Å². The Balaban J connectivity index is 0. The Morgan fingerprint density at radius 1 is 0.943 bits per heavy atom. The molecule has 1 aromatic rings. The number of aryl methyl sites for hydroxylation is 3. The van der Waals surface area contributed by atoms with Crippen LogP contribution >= 0.6 is 0 Å². The first-order valence-corrected chi connectivity index (χ1v) is 10.4. The average Bonchev–Trinajstić information content (AvgIpc) is 2.69. The zero-order valence-corrected chi connectivity index (χ0v) is 20.3. The number of anilines is 1. The summed E-state index contributed by atoms with van der Waals surface area (Å²) < 4.78 is 63.5. The molecule has 35 heavy (non-hydrogen) atoms. The molecule has 1 rings (SSSR count). The Morgan fingerprint density at radius 2 is 1.31 bits per heavy atom. The van der Waals surface area contributed by atoms with Crippen molar-refractivity contribution in [1.29, 1.82) is 0 Å². The number of carboxylic acids is 2. The molecule has 8 nitrogen and oxygen atoms in total. The van der Waals surface area contributed by atoms with Crippen molar-refractivity contribution in [3.63, 3.8) is 0 Å². The van der Waals surface area contributed by atoms with Crippen LogP contribution in [-0.4, -0.2) is 69.4 Å². The van der Waals surface area contributed by atoms with E-state index in [9.17, 15) is 31.1 Å². The number of hydrogen-bond donors (Lipinski definition) is 3. The molecule has 14 heteroatoms. The summed E-state index contributed by atoms with van der Waals surface area (Å²) in [5.74, 6) is -5.46. The van der Waals surface area contributed by atoms with Crippen LogP contribution in [0.3, 0.4) is 0 Å². The zero-order valence-electron chi connectivity index (χ0n) is 20.3. The number of hydrogen-bond acceptors (Lipinski definition) is 5. The quantitative estimate of drug-likeness (QED) is 0.446. The third-order valence-electron chi connectivity index (χ3n) is 4.21.